The van der Waals surface area contributed by atoms with Crippen molar-refractivity contribution in [3.05, 3.63) is 54.4 Å². The van der Waals surface area contributed by atoms with Crippen LogP contribution in [0.4, 0.5) is 0 Å². The van der Waals surface area contributed by atoms with E-state index in [1.54, 1.807) is 6.33 Å². The van der Waals surface area contributed by atoms with Crippen molar-refractivity contribution in [1.29, 1.82) is 0 Å². The van der Waals surface area contributed by atoms with Crippen LogP contribution in [0.3, 0.4) is 0 Å². The minimum atomic E-state index is 0.0697. The van der Waals surface area contributed by atoms with Gasteiger partial charge in [-0.3, -0.25) is 4.79 Å². The van der Waals surface area contributed by atoms with Crippen LogP contribution in [0.25, 0.3) is 22.2 Å². The van der Waals surface area contributed by atoms with Gasteiger partial charge in [-0.25, -0.2) is 4.98 Å². The third-order valence-electron chi connectivity index (χ3n) is 4.24. The van der Waals surface area contributed by atoms with Crippen molar-refractivity contribution >= 4 is 16.9 Å². The second-order valence-electron chi connectivity index (χ2n) is 6.58. The molecule has 4 heteroatoms. The van der Waals surface area contributed by atoms with Crippen LogP contribution in [0.2, 0.25) is 0 Å². The summed E-state index contributed by atoms with van der Waals surface area (Å²) in [6, 6.07) is 14.2. The van der Waals surface area contributed by atoms with E-state index in [0.29, 0.717) is 0 Å². The monoisotopic (exact) mass is 321 g/mol. The summed E-state index contributed by atoms with van der Waals surface area (Å²) >= 11 is 0. The third kappa shape index (κ3) is 2.92. The maximum absolute atomic E-state index is 13.1. The maximum Gasteiger partial charge on any atom is 0.254 e. The average Bonchev–Trinajstić information content (AvgIpc) is 3.01. The number of carbonyl (C=O) groups is 1. The Morgan fingerprint density at radius 3 is 2.46 bits per heavy atom. The molecule has 0 saturated carbocycles. The Morgan fingerprint density at radius 2 is 1.75 bits per heavy atom. The lowest BCUT2D eigenvalue weighted by atomic mass is 9.97. The highest BCUT2D eigenvalue weighted by molar-refractivity contribution is 6.01. The molecule has 0 aliphatic rings. The van der Waals surface area contributed by atoms with Crippen LogP contribution in [-0.2, 0) is 0 Å². The molecule has 3 rings (SSSR count). The quantitative estimate of drug-likeness (QED) is 0.769. The van der Waals surface area contributed by atoms with Gasteiger partial charge >= 0.3 is 0 Å². The number of imidazole rings is 1. The van der Waals surface area contributed by atoms with Crippen molar-refractivity contribution in [2.45, 2.75) is 39.8 Å². The number of aromatic nitrogens is 2. The van der Waals surface area contributed by atoms with Gasteiger partial charge in [-0.2, -0.15) is 0 Å². The fourth-order valence-corrected chi connectivity index (χ4v) is 3.23. The van der Waals surface area contributed by atoms with Crippen LogP contribution < -0.4 is 0 Å². The molecule has 124 valence electrons. The molecule has 4 nitrogen and oxygen atoms in total. The van der Waals surface area contributed by atoms with Gasteiger partial charge in [-0.15, -0.1) is 0 Å². The van der Waals surface area contributed by atoms with Crippen LogP contribution in [0.5, 0.6) is 0 Å². The van der Waals surface area contributed by atoms with E-state index in [1.165, 1.54) is 0 Å². The van der Waals surface area contributed by atoms with Gasteiger partial charge in [0.1, 0.15) is 0 Å². The lowest BCUT2D eigenvalue weighted by Gasteiger charge is -2.31. The Bertz CT molecular complexity index is 856. The van der Waals surface area contributed by atoms with Crippen molar-refractivity contribution in [2.24, 2.45) is 0 Å². The van der Waals surface area contributed by atoms with Crippen molar-refractivity contribution in [3.63, 3.8) is 0 Å². The molecule has 0 atom stereocenters. The first-order valence-corrected chi connectivity index (χ1v) is 8.34. The van der Waals surface area contributed by atoms with Crippen molar-refractivity contribution in [2.75, 3.05) is 0 Å². The molecule has 1 heterocycles. The molecule has 24 heavy (non-hydrogen) atoms. The number of benzene rings is 2. The first-order valence-electron chi connectivity index (χ1n) is 8.34. The van der Waals surface area contributed by atoms with Crippen molar-refractivity contribution in [1.82, 2.24) is 14.9 Å². The van der Waals surface area contributed by atoms with Gasteiger partial charge in [0.2, 0.25) is 0 Å². The molecule has 2 aromatic carbocycles. The highest BCUT2D eigenvalue weighted by Gasteiger charge is 2.23. The summed E-state index contributed by atoms with van der Waals surface area (Å²) in [5, 5.41) is 0. The van der Waals surface area contributed by atoms with Gasteiger partial charge in [-0.05, 0) is 57.0 Å². The summed E-state index contributed by atoms with van der Waals surface area (Å²) < 4.78 is 0. The fourth-order valence-electron chi connectivity index (χ4n) is 3.23. The molecule has 0 saturated heterocycles. The second kappa shape index (κ2) is 6.48. The van der Waals surface area contributed by atoms with Crippen molar-refractivity contribution in [3.8, 4) is 11.1 Å². The maximum atomic E-state index is 13.1. The molecule has 0 unspecified atom stereocenters. The topological polar surface area (TPSA) is 49.0 Å². The summed E-state index contributed by atoms with van der Waals surface area (Å²) in [6.07, 6.45) is 1.69. The van der Waals surface area contributed by atoms with E-state index in [-0.39, 0.29) is 18.0 Å². The van der Waals surface area contributed by atoms with Gasteiger partial charge in [0.25, 0.3) is 5.91 Å². The molecule has 1 aromatic heterocycles. The summed E-state index contributed by atoms with van der Waals surface area (Å²) in [5.74, 6) is 0.0697. The Morgan fingerprint density at radius 1 is 1.04 bits per heavy atom. The highest BCUT2D eigenvalue weighted by Crippen LogP contribution is 2.28. The molecule has 0 bridgehead atoms. The standard InChI is InChI=1S/C20H23N3O/c1-13(2)23(14(3)4)20(24)17-8-6-5-7-16(17)15-9-10-18-19(11-15)22-12-21-18/h5-14H,1-4H3,(H,21,22). The van der Waals surface area contributed by atoms with E-state index in [4.69, 9.17) is 0 Å². The summed E-state index contributed by atoms with van der Waals surface area (Å²) in [4.78, 5) is 22.5. The van der Waals surface area contributed by atoms with Crippen LogP contribution >= 0.6 is 0 Å². The summed E-state index contributed by atoms with van der Waals surface area (Å²) in [6.45, 7) is 8.21. The van der Waals surface area contributed by atoms with Crippen LogP contribution in [-0.4, -0.2) is 32.9 Å². The van der Waals surface area contributed by atoms with Gasteiger partial charge in [0, 0.05) is 17.6 Å². The number of nitrogens with zero attached hydrogens (tertiary/aromatic N) is 2. The minimum Gasteiger partial charge on any atom is -0.345 e. The lowest BCUT2D eigenvalue weighted by molar-refractivity contribution is 0.0644. The molecular weight excluding hydrogens is 298 g/mol. The van der Waals surface area contributed by atoms with Crippen LogP contribution in [0.1, 0.15) is 38.1 Å². The van der Waals surface area contributed by atoms with E-state index >= 15 is 0 Å². The SMILES string of the molecule is CC(C)N(C(=O)c1ccccc1-c1ccc2nc[nH]c2c1)C(C)C. The smallest absolute Gasteiger partial charge is 0.254 e. The minimum absolute atomic E-state index is 0.0697. The molecule has 0 fully saturated rings. The van der Waals surface area contributed by atoms with Crippen molar-refractivity contribution < 1.29 is 4.79 Å². The molecule has 0 aliphatic heterocycles. The number of fused-ring (bicyclic) bond motifs is 1. The average molecular weight is 321 g/mol. The number of aromatic amines is 1. The number of amides is 1. The van der Waals surface area contributed by atoms with Gasteiger partial charge < -0.3 is 9.88 Å². The van der Waals surface area contributed by atoms with Crippen LogP contribution in [0.15, 0.2) is 48.8 Å². The van der Waals surface area contributed by atoms with E-state index in [0.717, 1.165) is 27.7 Å². The van der Waals surface area contributed by atoms with E-state index in [2.05, 4.69) is 37.7 Å². The molecule has 0 radical (unpaired) electrons. The van der Waals surface area contributed by atoms with Gasteiger partial charge in [0.05, 0.1) is 17.4 Å². The Balaban J connectivity index is 2.09. The largest absolute Gasteiger partial charge is 0.345 e. The number of nitrogens with one attached hydrogen (secondary N) is 1. The third-order valence-corrected chi connectivity index (χ3v) is 4.24. The molecule has 0 aliphatic carbocycles. The number of carbonyl (C=O) groups excluding carboxylic acids is 1. The zero-order valence-corrected chi connectivity index (χ0v) is 14.6. The zero-order chi connectivity index (χ0) is 17.3. The molecule has 1 N–H and O–H groups in total. The number of hydrogen-bond donors (Lipinski definition) is 1. The normalized spacial score (nSPS) is 11.4. The first-order chi connectivity index (χ1) is 11.5. The molecule has 3 aromatic rings. The second-order valence-corrected chi connectivity index (χ2v) is 6.58. The predicted molar refractivity (Wildman–Crippen MR) is 98.0 cm³/mol. The fraction of sp³-hybridized carbons (Fsp3) is 0.300. The molecule has 1 amide bonds. The Kier molecular flexibility index (Phi) is 4.38. The van der Waals surface area contributed by atoms with E-state index < -0.39 is 0 Å². The first kappa shape index (κ1) is 16.2. The molecular formula is C20H23N3O. The Labute approximate surface area is 142 Å². The Hall–Kier alpha value is -2.62. The van der Waals surface area contributed by atoms with Gasteiger partial charge in [-0.1, -0.05) is 24.3 Å². The number of H-pyrrole nitrogens is 1. The summed E-state index contributed by atoms with van der Waals surface area (Å²) in [5.41, 5.74) is 4.60. The summed E-state index contributed by atoms with van der Waals surface area (Å²) in [7, 11) is 0. The van der Waals surface area contributed by atoms with Crippen LogP contribution in [0, 0.1) is 0 Å². The lowest BCUT2D eigenvalue weighted by Crippen LogP contribution is -2.42. The predicted octanol–water partition coefficient (Wildman–Crippen LogP) is 4.49. The number of hydrogen-bond acceptors (Lipinski definition) is 2. The highest BCUT2D eigenvalue weighted by atomic mass is 16.2. The zero-order valence-electron chi connectivity index (χ0n) is 14.6. The molecule has 0 spiro atoms. The van der Waals surface area contributed by atoms with Gasteiger partial charge in [0.15, 0.2) is 0 Å². The number of rotatable bonds is 4. The van der Waals surface area contributed by atoms with E-state index in [9.17, 15) is 4.79 Å². The van der Waals surface area contributed by atoms with E-state index in [1.807, 2.05) is 47.4 Å².